The minimum Gasteiger partial charge on any atom is -0.439 e. The van der Waals surface area contributed by atoms with E-state index in [1.807, 2.05) is 45.3 Å². The molecule has 0 bridgehead atoms. The van der Waals surface area contributed by atoms with Crippen molar-refractivity contribution in [3.8, 4) is 11.6 Å². The number of nitrogens with zero attached hydrogens (tertiary/aromatic N) is 7. The van der Waals surface area contributed by atoms with Crippen LogP contribution in [0.15, 0.2) is 67.5 Å². The van der Waals surface area contributed by atoms with E-state index in [1.54, 1.807) is 29.4 Å². The Morgan fingerprint density at radius 2 is 1.94 bits per heavy atom. The number of nitrogens with one attached hydrogen (secondary N) is 1. The zero-order chi connectivity index (χ0) is 23.5. The Morgan fingerprint density at radius 1 is 1.03 bits per heavy atom. The lowest BCUT2D eigenvalue weighted by Gasteiger charge is -2.12. The van der Waals surface area contributed by atoms with E-state index < -0.39 is 0 Å². The molecule has 0 aliphatic rings. The summed E-state index contributed by atoms with van der Waals surface area (Å²) in [5.41, 5.74) is 4.52. The van der Waals surface area contributed by atoms with Gasteiger partial charge in [-0.05, 0) is 62.5 Å². The van der Waals surface area contributed by atoms with E-state index in [1.165, 1.54) is 0 Å². The molecule has 0 aliphatic heterocycles. The topological polar surface area (TPSA) is 93.4 Å². The highest BCUT2D eigenvalue weighted by molar-refractivity contribution is 5.92. The summed E-state index contributed by atoms with van der Waals surface area (Å²) in [6.45, 7) is 2.87. The van der Waals surface area contributed by atoms with Gasteiger partial charge in [0.25, 0.3) is 0 Å². The maximum absolute atomic E-state index is 5.98. The highest BCUT2D eigenvalue weighted by Gasteiger charge is 2.09. The number of fused-ring (bicyclic) bond motifs is 2. The third-order valence-electron chi connectivity index (χ3n) is 5.26. The molecule has 3 aromatic heterocycles. The molecule has 0 unspecified atom stereocenters. The van der Waals surface area contributed by atoms with E-state index in [2.05, 4.69) is 59.7 Å². The first kappa shape index (κ1) is 21.5. The quantitative estimate of drug-likeness (QED) is 0.386. The number of hydrogen-bond donors (Lipinski definition) is 1. The Balaban J connectivity index is 1.37. The molecule has 0 spiro atoms. The van der Waals surface area contributed by atoms with Gasteiger partial charge in [0, 0.05) is 23.7 Å². The summed E-state index contributed by atoms with van der Waals surface area (Å²) in [5.74, 6) is 1.92. The molecule has 0 aliphatic carbocycles. The van der Waals surface area contributed by atoms with E-state index in [0.717, 1.165) is 40.1 Å². The second kappa shape index (κ2) is 9.24. The van der Waals surface area contributed by atoms with Gasteiger partial charge in [-0.15, -0.1) is 10.2 Å². The second-order valence-electron chi connectivity index (χ2n) is 8.19. The van der Waals surface area contributed by atoms with Crippen LogP contribution < -0.4 is 10.1 Å². The van der Waals surface area contributed by atoms with Crippen LogP contribution in [-0.2, 0) is 0 Å². The number of ether oxygens (including phenoxy) is 1. The average molecular weight is 453 g/mol. The molecule has 2 aromatic carbocycles. The minimum atomic E-state index is 0.459. The van der Waals surface area contributed by atoms with Gasteiger partial charge >= 0.3 is 0 Å². The summed E-state index contributed by atoms with van der Waals surface area (Å²) < 4.78 is 7.70. The van der Waals surface area contributed by atoms with Crippen LogP contribution in [-0.4, -0.2) is 55.1 Å². The highest BCUT2D eigenvalue weighted by atomic mass is 16.5. The second-order valence-corrected chi connectivity index (χ2v) is 8.19. The number of aromatic nitrogens is 6. The van der Waals surface area contributed by atoms with Crippen molar-refractivity contribution in [3.63, 3.8) is 0 Å². The molecule has 9 nitrogen and oxygen atoms in total. The Hall–Kier alpha value is -4.37. The van der Waals surface area contributed by atoms with Crippen molar-refractivity contribution < 1.29 is 4.74 Å². The van der Waals surface area contributed by atoms with Gasteiger partial charge in [0.15, 0.2) is 5.65 Å². The molecule has 3 heterocycles. The van der Waals surface area contributed by atoms with E-state index in [0.29, 0.717) is 17.3 Å². The van der Waals surface area contributed by atoms with Gasteiger partial charge in [-0.1, -0.05) is 18.2 Å². The van der Waals surface area contributed by atoms with Crippen LogP contribution in [0.1, 0.15) is 11.1 Å². The van der Waals surface area contributed by atoms with E-state index >= 15 is 0 Å². The molecular weight excluding hydrogens is 428 g/mol. The summed E-state index contributed by atoms with van der Waals surface area (Å²) in [6, 6.07) is 13.8. The van der Waals surface area contributed by atoms with Crippen LogP contribution >= 0.6 is 0 Å². The fraction of sp³-hybridized carbons (Fsp3) is 0.160. The lowest BCUT2D eigenvalue weighted by molar-refractivity contribution is 0.457. The third kappa shape index (κ3) is 4.69. The lowest BCUT2D eigenvalue weighted by atomic mass is 10.1. The van der Waals surface area contributed by atoms with Crippen LogP contribution in [0.25, 0.3) is 22.6 Å². The normalized spacial score (nSPS) is 11.6. The Bertz CT molecular complexity index is 1490. The lowest BCUT2D eigenvalue weighted by Crippen LogP contribution is -2.10. The molecule has 0 radical (unpaired) electrons. The van der Waals surface area contributed by atoms with Gasteiger partial charge in [0.1, 0.15) is 30.5 Å². The first-order valence-electron chi connectivity index (χ1n) is 10.8. The van der Waals surface area contributed by atoms with E-state index in [9.17, 15) is 0 Å². The van der Waals surface area contributed by atoms with Gasteiger partial charge in [0.05, 0.1) is 5.52 Å². The minimum absolute atomic E-state index is 0.459. The van der Waals surface area contributed by atoms with Crippen molar-refractivity contribution in [2.24, 2.45) is 0 Å². The van der Waals surface area contributed by atoms with Crippen LogP contribution in [0.4, 0.5) is 11.5 Å². The molecular formula is C25H24N8O. The third-order valence-corrected chi connectivity index (χ3v) is 5.26. The molecule has 0 atom stereocenters. The van der Waals surface area contributed by atoms with Gasteiger partial charge in [0.2, 0.25) is 5.88 Å². The van der Waals surface area contributed by atoms with Gasteiger partial charge in [-0.3, -0.25) is 4.40 Å². The SMILES string of the molecule is Cc1cc(Nc2ncnc3ccc(/C=C/CN(C)C)cc23)ccc1Oc1cc2nncn2cn1. The zero-order valence-electron chi connectivity index (χ0n) is 19.2. The predicted molar refractivity (Wildman–Crippen MR) is 132 cm³/mol. The molecule has 1 N–H and O–H groups in total. The van der Waals surface area contributed by atoms with Crippen LogP contribution in [0.3, 0.4) is 0 Å². The summed E-state index contributed by atoms with van der Waals surface area (Å²) in [7, 11) is 4.09. The molecule has 0 amide bonds. The summed E-state index contributed by atoms with van der Waals surface area (Å²) in [4.78, 5) is 15.3. The van der Waals surface area contributed by atoms with E-state index in [4.69, 9.17) is 4.74 Å². The maximum Gasteiger partial charge on any atom is 0.224 e. The summed E-state index contributed by atoms with van der Waals surface area (Å²) in [6.07, 6.45) is 9.04. The molecule has 0 fully saturated rings. The number of benzene rings is 2. The van der Waals surface area contributed by atoms with Crippen molar-refractivity contribution >= 4 is 34.1 Å². The smallest absolute Gasteiger partial charge is 0.224 e. The molecule has 34 heavy (non-hydrogen) atoms. The monoisotopic (exact) mass is 452 g/mol. The first-order valence-corrected chi connectivity index (χ1v) is 10.8. The molecule has 170 valence electrons. The summed E-state index contributed by atoms with van der Waals surface area (Å²) >= 11 is 0. The van der Waals surface area contributed by atoms with E-state index in [-0.39, 0.29) is 0 Å². The van der Waals surface area contributed by atoms with Crippen LogP contribution in [0.5, 0.6) is 11.6 Å². The fourth-order valence-corrected chi connectivity index (χ4v) is 3.53. The van der Waals surface area contributed by atoms with Crippen LogP contribution in [0, 0.1) is 6.92 Å². The standard InChI is InChI=1S/C25H24N8O/c1-17-11-19(7-9-22(17)34-24-13-23-31-29-16-33(23)15-28-24)30-25-20-12-18(5-4-10-32(2)3)6-8-21(20)26-14-27-25/h4-9,11-16H,10H2,1-3H3,(H,26,27,30)/b5-4+. The zero-order valence-corrected chi connectivity index (χ0v) is 19.2. The predicted octanol–water partition coefficient (Wildman–Crippen LogP) is 4.49. The largest absolute Gasteiger partial charge is 0.439 e. The number of hydrogen-bond acceptors (Lipinski definition) is 8. The number of likely N-dealkylation sites (N-methyl/N-ethyl adjacent to an activating group) is 1. The number of rotatable bonds is 7. The van der Waals surface area contributed by atoms with Gasteiger partial charge < -0.3 is 15.0 Å². The highest BCUT2D eigenvalue weighted by Crippen LogP contribution is 2.29. The summed E-state index contributed by atoms with van der Waals surface area (Å²) in [5, 5.41) is 12.3. The fourth-order valence-electron chi connectivity index (χ4n) is 3.53. The number of aryl methyl sites for hydroxylation is 1. The molecule has 9 heteroatoms. The van der Waals surface area contributed by atoms with Crippen molar-refractivity contribution in [1.82, 2.24) is 34.4 Å². The molecule has 5 aromatic rings. The van der Waals surface area contributed by atoms with Crippen LogP contribution in [0.2, 0.25) is 0 Å². The van der Waals surface area contributed by atoms with Gasteiger partial charge in [-0.25, -0.2) is 15.0 Å². The van der Waals surface area contributed by atoms with Gasteiger partial charge in [-0.2, -0.15) is 0 Å². The Kier molecular flexibility index (Phi) is 5.84. The van der Waals surface area contributed by atoms with Crippen molar-refractivity contribution in [2.75, 3.05) is 26.0 Å². The molecule has 0 saturated carbocycles. The van der Waals surface area contributed by atoms with Crippen molar-refractivity contribution in [2.45, 2.75) is 6.92 Å². The number of anilines is 2. The first-order chi connectivity index (χ1) is 16.5. The Labute approximate surface area is 196 Å². The Morgan fingerprint density at radius 3 is 2.79 bits per heavy atom. The average Bonchev–Trinajstić information content (AvgIpc) is 3.29. The molecule has 0 saturated heterocycles. The maximum atomic E-state index is 5.98. The van der Waals surface area contributed by atoms with Crippen molar-refractivity contribution in [3.05, 3.63) is 78.6 Å². The van der Waals surface area contributed by atoms with Crippen molar-refractivity contribution in [1.29, 1.82) is 0 Å². The molecule has 5 rings (SSSR count).